The lowest BCUT2D eigenvalue weighted by Gasteiger charge is -2.06. The van der Waals surface area contributed by atoms with Crippen molar-refractivity contribution in [1.82, 2.24) is 14.9 Å². The molecule has 2 aromatic carbocycles. The van der Waals surface area contributed by atoms with E-state index >= 15 is 0 Å². The van der Waals surface area contributed by atoms with E-state index in [2.05, 4.69) is 15.3 Å². The number of carboxylic acids is 1. The van der Waals surface area contributed by atoms with Crippen molar-refractivity contribution in [1.29, 1.82) is 0 Å². The Balaban J connectivity index is 2.08. The van der Waals surface area contributed by atoms with Gasteiger partial charge in [0, 0.05) is 5.56 Å². The topological polar surface area (TPSA) is 113 Å². The number of aromatic amines is 1. The summed E-state index contributed by atoms with van der Waals surface area (Å²) in [6.07, 6.45) is 1.37. The average molecular weight is 370 g/mol. The highest BCUT2D eigenvalue weighted by molar-refractivity contribution is 7.71. The zero-order valence-corrected chi connectivity index (χ0v) is 14.4. The Labute approximate surface area is 153 Å². The number of carboxylic acid groups (broad SMARTS) is 1. The zero-order chi connectivity index (χ0) is 18.7. The van der Waals surface area contributed by atoms with E-state index in [0.717, 1.165) is 0 Å². The summed E-state index contributed by atoms with van der Waals surface area (Å²) in [4.78, 5) is 11.3. The van der Waals surface area contributed by atoms with Gasteiger partial charge in [0.2, 0.25) is 4.77 Å². The Kier molecular flexibility index (Phi) is 4.81. The van der Waals surface area contributed by atoms with Crippen LogP contribution in [0, 0.1) is 4.77 Å². The van der Waals surface area contributed by atoms with Crippen molar-refractivity contribution in [3.63, 3.8) is 0 Å². The summed E-state index contributed by atoms with van der Waals surface area (Å²) >= 11 is 5.18. The standard InChI is InChI=1S/C17H14N4O4S/c1-25-11-6-7-14(22)13(8-11)15-19-20-17(26)21(15)18-9-10-4-2-3-5-12(10)16(23)24/h2-9,22H,1H3,(H,20,26)(H,23,24)/b18-9+. The Morgan fingerprint density at radius 2 is 2.12 bits per heavy atom. The molecule has 0 aliphatic carbocycles. The molecule has 8 nitrogen and oxygen atoms in total. The predicted molar refractivity (Wildman–Crippen MR) is 97.5 cm³/mol. The van der Waals surface area contributed by atoms with Crippen LogP contribution in [0.4, 0.5) is 0 Å². The van der Waals surface area contributed by atoms with Gasteiger partial charge >= 0.3 is 5.97 Å². The normalized spacial score (nSPS) is 11.0. The fraction of sp³-hybridized carbons (Fsp3) is 0.0588. The van der Waals surface area contributed by atoms with Crippen LogP contribution in [0.25, 0.3) is 11.4 Å². The Bertz CT molecular complexity index is 1050. The molecule has 3 aromatic rings. The van der Waals surface area contributed by atoms with Crippen LogP contribution in [-0.2, 0) is 0 Å². The van der Waals surface area contributed by atoms with Gasteiger partial charge in [-0.1, -0.05) is 18.2 Å². The number of hydrogen-bond donors (Lipinski definition) is 3. The van der Waals surface area contributed by atoms with Gasteiger partial charge in [-0.3, -0.25) is 0 Å². The zero-order valence-electron chi connectivity index (χ0n) is 13.6. The number of phenols is 1. The van der Waals surface area contributed by atoms with Gasteiger partial charge in [-0.15, -0.1) is 0 Å². The Morgan fingerprint density at radius 3 is 2.85 bits per heavy atom. The second-order valence-corrected chi connectivity index (χ2v) is 5.57. The van der Waals surface area contributed by atoms with Crippen LogP contribution in [0.3, 0.4) is 0 Å². The fourth-order valence-electron chi connectivity index (χ4n) is 2.32. The lowest BCUT2D eigenvalue weighted by Crippen LogP contribution is -2.02. The van der Waals surface area contributed by atoms with Crippen molar-refractivity contribution >= 4 is 24.4 Å². The molecule has 0 aliphatic rings. The maximum Gasteiger partial charge on any atom is 0.336 e. The summed E-state index contributed by atoms with van der Waals surface area (Å²) in [6, 6.07) is 11.1. The molecule has 0 atom stereocenters. The molecule has 3 N–H and O–H groups in total. The summed E-state index contributed by atoms with van der Waals surface area (Å²) < 4.78 is 6.64. The molecule has 0 amide bonds. The van der Waals surface area contributed by atoms with Crippen molar-refractivity contribution in [3.8, 4) is 22.9 Å². The third kappa shape index (κ3) is 3.33. The van der Waals surface area contributed by atoms with E-state index in [4.69, 9.17) is 17.0 Å². The third-order valence-corrected chi connectivity index (χ3v) is 3.86. The number of benzene rings is 2. The molecule has 0 aliphatic heterocycles. The van der Waals surface area contributed by atoms with Crippen LogP contribution in [0.2, 0.25) is 0 Å². The number of methoxy groups -OCH3 is 1. The Hall–Kier alpha value is -3.46. The third-order valence-electron chi connectivity index (χ3n) is 3.60. The molecule has 132 valence electrons. The Morgan fingerprint density at radius 1 is 1.35 bits per heavy atom. The quantitative estimate of drug-likeness (QED) is 0.470. The molecule has 9 heteroatoms. The molecular weight excluding hydrogens is 356 g/mol. The monoisotopic (exact) mass is 370 g/mol. The smallest absolute Gasteiger partial charge is 0.336 e. The minimum Gasteiger partial charge on any atom is -0.507 e. The van der Waals surface area contributed by atoms with E-state index in [1.807, 2.05) is 0 Å². The molecule has 0 bridgehead atoms. The van der Waals surface area contributed by atoms with Gasteiger partial charge in [0.15, 0.2) is 5.82 Å². The number of aromatic carboxylic acids is 1. The first-order valence-corrected chi connectivity index (χ1v) is 7.83. The molecule has 0 spiro atoms. The van der Waals surface area contributed by atoms with E-state index in [9.17, 15) is 15.0 Å². The minimum atomic E-state index is -1.06. The van der Waals surface area contributed by atoms with Gasteiger partial charge in [-0.2, -0.15) is 14.9 Å². The maximum absolute atomic E-state index is 11.3. The van der Waals surface area contributed by atoms with E-state index in [0.29, 0.717) is 16.9 Å². The number of nitrogens with one attached hydrogen (secondary N) is 1. The van der Waals surface area contributed by atoms with Crippen LogP contribution < -0.4 is 4.74 Å². The molecule has 0 saturated heterocycles. The van der Waals surface area contributed by atoms with Gasteiger partial charge < -0.3 is 14.9 Å². The first-order chi connectivity index (χ1) is 12.5. The summed E-state index contributed by atoms with van der Waals surface area (Å²) in [7, 11) is 1.51. The summed E-state index contributed by atoms with van der Waals surface area (Å²) in [5.41, 5.74) is 0.876. The second kappa shape index (κ2) is 7.19. The van der Waals surface area contributed by atoms with Crippen LogP contribution in [0.15, 0.2) is 47.6 Å². The number of H-pyrrole nitrogens is 1. The number of phenolic OH excluding ortho intramolecular Hbond substituents is 1. The summed E-state index contributed by atoms with van der Waals surface area (Å²) in [5.74, 6) is -0.301. The van der Waals surface area contributed by atoms with Crippen LogP contribution in [-0.4, -0.2) is 44.4 Å². The van der Waals surface area contributed by atoms with Crippen molar-refractivity contribution in [2.24, 2.45) is 5.10 Å². The first kappa shape index (κ1) is 17.4. The van der Waals surface area contributed by atoms with E-state index < -0.39 is 5.97 Å². The van der Waals surface area contributed by atoms with E-state index in [-0.39, 0.29) is 21.9 Å². The highest BCUT2D eigenvalue weighted by atomic mass is 32.1. The van der Waals surface area contributed by atoms with Gasteiger partial charge in [-0.25, -0.2) is 9.89 Å². The highest BCUT2D eigenvalue weighted by Gasteiger charge is 2.14. The maximum atomic E-state index is 11.3. The molecule has 1 aromatic heterocycles. The van der Waals surface area contributed by atoms with Crippen molar-refractivity contribution in [2.75, 3.05) is 7.11 Å². The molecule has 0 fully saturated rings. The van der Waals surface area contributed by atoms with Crippen LogP contribution in [0.1, 0.15) is 15.9 Å². The predicted octanol–water partition coefficient (Wildman–Crippen LogP) is 2.90. The van der Waals surface area contributed by atoms with E-state index in [1.165, 1.54) is 30.1 Å². The molecular formula is C17H14N4O4S. The molecule has 26 heavy (non-hydrogen) atoms. The molecule has 3 rings (SSSR count). The van der Waals surface area contributed by atoms with Gasteiger partial charge in [0.1, 0.15) is 11.5 Å². The van der Waals surface area contributed by atoms with Gasteiger partial charge in [0.25, 0.3) is 0 Å². The van der Waals surface area contributed by atoms with Gasteiger partial charge in [0.05, 0.1) is 24.5 Å². The highest BCUT2D eigenvalue weighted by Crippen LogP contribution is 2.31. The van der Waals surface area contributed by atoms with Crippen molar-refractivity contribution in [3.05, 3.63) is 58.4 Å². The average Bonchev–Trinajstić information content (AvgIpc) is 3.01. The minimum absolute atomic E-state index is 0.0258. The summed E-state index contributed by atoms with van der Waals surface area (Å²) in [5, 5.41) is 30.3. The number of nitrogens with zero attached hydrogens (tertiary/aromatic N) is 3. The number of carbonyl (C=O) groups is 1. The van der Waals surface area contributed by atoms with Crippen LogP contribution >= 0.6 is 12.2 Å². The van der Waals surface area contributed by atoms with Gasteiger partial charge in [-0.05, 0) is 36.5 Å². The van der Waals surface area contributed by atoms with Crippen molar-refractivity contribution < 1.29 is 19.7 Å². The first-order valence-electron chi connectivity index (χ1n) is 7.42. The summed E-state index contributed by atoms with van der Waals surface area (Å²) in [6.45, 7) is 0. The van der Waals surface area contributed by atoms with Crippen LogP contribution in [0.5, 0.6) is 11.5 Å². The fourth-order valence-corrected chi connectivity index (χ4v) is 2.50. The number of aromatic hydroxyl groups is 1. The molecule has 0 radical (unpaired) electrons. The molecule has 0 saturated carbocycles. The number of rotatable bonds is 5. The number of hydrogen-bond acceptors (Lipinski definition) is 6. The number of ether oxygens (including phenoxy) is 1. The SMILES string of the molecule is COc1ccc(O)c(-c2n[nH]c(=S)n2/N=C/c2ccccc2C(=O)O)c1. The lowest BCUT2D eigenvalue weighted by molar-refractivity contribution is 0.0696. The molecule has 0 unspecified atom stereocenters. The van der Waals surface area contributed by atoms with Crippen molar-refractivity contribution in [2.45, 2.75) is 0 Å². The lowest BCUT2D eigenvalue weighted by atomic mass is 10.1. The molecule has 1 heterocycles. The van der Waals surface area contributed by atoms with E-state index in [1.54, 1.807) is 30.3 Å². The number of aromatic nitrogens is 3. The largest absolute Gasteiger partial charge is 0.507 e. The second-order valence-electron chi connectivity index (χ2n) is 5.18.